The third-order valence-corrected chi connectivity index (χ3v) is 3.75. The molecule has 1 atom stereocenters. The van der Waals surface area contributed by atoms with Gasteiger partial charge in [0, 0.05) is 11.8 Å². The lowest BCUT2D eigenvalue weighted by atomic mass is 9.93. The molecule has 0 saturated carbocycles. The maximum absolute atomic E-state index is 5.85. The molecule has 0 aliphatic heterocycles. The number of nitrogens with zero attached hydrogens (tertiary/aromatic N) is 1. The quantitative estimate of drug-likeness (QED) is 0.655. The van der Waals surface area contributed by atoms with Gasteiger partial charge >= 0.3 is 0 Å². The van der Waals surface area contributed by atoms with Crippen molar-refractivity contribution in [1.29, 1.82) is 0 Å². The van der Waals surface area contributed by atoms with E-state index in [1.165, 1.54) is 11.1 Å². The van der Waals surface area contributed by atoms with Gasteiger partial charge in [0.25, 0.3) is 0 Å². The van der Waals surface area contributed by atoms with Gasteiger partial charge in [0.1, 0.15) is 5.75 Å². The van der Waals surface area contributed by atoms with E-state index in [0.717, 1.165) is 29.0 Å². The van der Waals surface area contributed by atoms with Gasteiger partial charge in [-0.15, -0.1) is 0 Å². The molecule has 2 aromatic rings. The van der Waals surface area contributed by atoms with Gasteiger partial charge in [-0.1, -0.05) is 19.1 Å². The van der Waals surface area contributed by atoms with E-state index < -0.39 is 0 Å². The minimum absolute atomic E-state index is 0.184. The Hall–Kier alpha value is -1.91. The van der Waals surface area contributed by atoms with E-state index in [9.17, 15) is 0 Å². The SMILES string of the molecule is CCc1cccnc1C(NN)c1c(C)cc(C)cc1OC. The van der Waals surface area contributed by atoms with Crippen molar-refractivity contribution in [3.63, 3.8) is 0 Å². The number of aryl methyl sites for hydroxylation is 3. The third kappa shape index (κ3) is 3.06. The summed E-state index contributed by atoms with van der Waals surface area (Å²) in [5.41, 5.74) is 8.39. The van der Waals surface area contributed by atoms with E-state index in [1.54, 1.807) is 13.3 Å². The Morgan fingerprint density at radius 3 is 2.71 bits per heavy atom. The summed E-state index contributed by atoms with van der Waals surface area (Å²) in [6, 6.07) is 8.02. The molecule has 112 valence electrons. The van der Waals surface area contributed by atoms with Gasteiger partial charge in [-0.3, -0.25) is 10.8 Å². The fraction of sp³-hybridized carbons (Fsp3) is 0.353. The summed E-state index contributed by atoms with van der Waals surface area (Å²) >= 11 is 0. The number of nitrogens with two attached hydrogens (primary N) is 1. The summed E-state index contributed by atoms with van der Waals surface area (Å²) in [4.78, 5) is 4.54. The second-order valence-corrected chi connectivity index (χ2v) is 5.20. The van der Waals surface area contributed by atoms with Crippen LogP contribution in [0.25, 0.3) is 0 Å². The molecule has 2 rings (SSSR count). The summed E-state index contributed by atoms with van der Waals surface area (Å²) < 4.78 is 5.56. The molecule has 4 heteroatoms. The first-order valence-corrected chi connectivity index (χ1v) is 7.17. The average Bonchev–Trinajstić information content (AvgIpc) is 2.49. The van der Waals surface area contributed by atoms with E-state index in [4.69, 9.17) is 10.6 Å². The van der Waals surface area contributed by atoms with Crippen molar-refractivity contribution in [1.82, 2.24) is 10.4 Å². The zero-order valence-electron chi connectivity index (χ0n) is 13.1. The Morgan fingerprint density at radius 1 is 1.33 bits per heavy atom. The minimum atomic E-state index is -0.184. The molecule has 0 spiro atoms. The lowest BCUT2D eigenvalue weighted by molar-refractivity contribution is 0.402. The molecule has 4 nitrogen and oxygen atoms in total. The van der Waals surface area contributed by atoms with Crippen LogP contribution in [-0.2, 0) is 6.42 Å². The van der Waals surface area contributed by atoms with E-state index in [1.807, 2.05) is 12.1 Å². The minimum Gasteiger partial charge on any atom is -0.496 e. The Morgan fingerprint density at radius 2 is 2.10 bits per heavy atom. The number of hydrogen-bond donors (Lipinski definition) is 2. The van der Waals surface area contributed by atoms with E-state index in [0.29, 0.717) is 0 Å². The van der Waals surface area contributed by atoms with Crippen molar-refractivity contribution in [3.05, 3.63) is 58.4 Å². The largest absolute Gasteiger partial charge is 0.496 e. The first-order valence-electron chi connectivity index (χ1n) is 7.17. The van der Waals surface area contributed by atoms with E-state index in [-0.39, 0.29) is 6.04 Å². The highest BCUT2D eigenvalue weighted by atomic mass is 16.5. The van der Waals surface area contributed by atoms with Crippen molar-refractivity contribution >= 4 is 0 Å². The molecule has 0 fully saturated rings. The lowest BCUT2D eigenvalue weighted by Gasteiger charge is -2.23. The molecule has 0 bridgehead atoms. The van der Waals surface area contributed by atoms with Crippen LogP contribution >= 0.6 is 0 Å². The maximum atomic E-state index is 5.85. The highest BCUT2D eigenvalue weighted by Gasteiger charge is 2.22. The normalized spacial score (nSPS) is 12.2. The predicted molar refractivity (Wildman–Crippen MR) is 85.2 cm³/mol. The fourth-order valence-electron chi connectivity index (χ4n) is 2.79. The van der Waals surface area contributed by atoms with Crippen molar-refractivity contribution in [3.8, 4) is 5.75 Å². The number of nitrogens with one attached hydrogen (secondary N) is 1. The van der Waals surface area contributed by atoms with Crippen molar-refractivity contribution in [2.45, 2.75) is 33.2 Å². The molecule has 0 saturated heterocycles. The van der Waals surface area contributed by atoms with Crippen LogP contribution < -0.4 is 16.0 Å². The van der Waals surface area contributed by atoms with Gasteiger partial charge in [0.15, 0.2) is 0 Å². The molecule has 21 heavy (non-hydrogen) atoms. The molecule has 0 amide bonds. The summed E-state index contributed by atoms with van der Waals surface area (Å²) in [7, 11) is 1.68. The Balaban J connectivity index is 2.62. The first kappa shape index (κ1) is 15.5. The topological polar surface area (TPSA) is 60.2 Å². The Labute approximate surface area is 126 Å². The summed E-state index contributed by atoms with van der Waals surface area (Å²) in [5, 5.41) is 0. The average molecular weight is 285 g/mol. The van der Waals surface area contributed by atoms with Crippen LogP contribution in [0.5, 0.6) is 5.75 Å². The number of rotatable bonds is 5. The van der Waals surface area contributed by atoms with E-state index >= 15 is 0 Å². The van der Waals surface area contributed by atoms with Gasteiger partial charge in [-0.2, -0.15) is 0 Å². The van der Waals surface area contributed by atoms with Gasteiger partial charge in [0.2, 0.25) is 0 Å². The summed E-state index contributed by atoms with van der Waals surface area (Å²) in [5.74, 6) is 6.68. The molecule has 1 aromatic carbocycles. The molecule has 0 aliphatic rings. The van der Waals surface area contributed by atoms with Crippen molar-refractivity contribution < 1.29 is 4.74 Å². The molecule has 1 heterocycles. The summed E-state index contributed by atoms with van der Waals surface area (Å²) in [6.07, 6.45) is 2.71. The molecule has 3 N–H and O–H groups in total. The van der Waals surface area contributed by atoms with Gasteiger partial charge in [-0.05, 0) is 49.1 Å². The zero-order valence-corrected chi connectivity index (χ0v) is 13.1. The summed E-state index contributed by atoms with van der Waals surface area (Å²) in [6.45, 7) is 6.25. The Bertz CT molecular complexity index is 625. The van der Waals surface area contributed by atoms with Crippen molar-refractivity contribution in [2.24, 2.45) is 5.84 Å². The first-order chi connectivity index (χ1) is 10.1. The van der Waals surface area contributed by atoms with Gasteiger partial charge in [0.05, 0.1) is 18.8 Å². The third-order valence-electron chi connectivity index (χ3n) is 3.75. The van der Waals surface area contributed by atoms with Crippen LogP contribution in [0.3, 0.4) is 0 Å². The monoisotopic (exact) mass is 285 g/mol. The second-order valence-electron chi connectivity index (χ2n) is 5.20. The van der Waals surface area contributed by atoms with Gasteiger partial charge < -0.3 is 4.74 Å². The molecule has 1 unspecified atom stereocenters. The predicted octanol–water partition coefficient (Wildman–Crippen LogP) is 2.82. The molecule has 1 aromatic heterocycles. The van der Waals surface area contributed by atoms with Gasteiger partial charge in [-0.25, -0.2) is 5.43 Å². The molecular formula is C17H23N3O. The number of benzene rings is 1. The molecule has 0 aliphatic carbocycles. The lowest BCUT2D eigenvalue weighted by Crippen LogP contribution is -2.31. The van der Waals surface area contributed by atoms with Crippen LogP contribution in [0.4, 0.5) is 0 Å². The highest BCUT2D eigenvalue weighted by molar-refractivity contribution is 5.48. The number of pyridine rings is 1. The van der Waals surface area contributed by atoms with Crippen LogP contribution in [0.2, 0.25) is 0 Å². The van der Waals surface area contributed by atoms with Crippen LogP contribution in [0, 0.1) is 13.8 Å². The van der Waals surface area contributed by atoms with Crippen LogP contribution in [-0.4, -0.2) is 12.1 Å². The number of ether oxygens (including phenoxy) is 1. The molecular weight excluding hydrogens is 262 g/mol. The maximum Gasteiger partial charge on any atom is 0.124 e. The van der Waals surface area contributed by atoms with Crippen LogP contribution in [0.15, 0.2) is 30.5 Å². The second kappa shape index (κ2) is 6.70. The number of hydrogen-bond acceptors (Lipinski definition) is 4. The van der Waals surface area contributed by atoms with Crippen molar-refractivity contribution in [2.75, 3.05) is 7.11 Å². The van der Waals surface area contributed by atoms with E-state index in [2.05, 4.69) is 43.3 Å². The number of methoxy groups -OCH3 is 1. The fourth-order valence-corrected chi connectivity index (χ4v) is 2.79. The smallest absolute Gasteiger partial charge is 0.124 e. The zero-order chi connectivity index (χ0) is 15.4. The molecule has 0 radical (unpaired) electrons. The standard InChI is InChI=1S/C17H23N3O/c1-5-13-7-6-8-19-16(13)17(20-18)15-12(3)9-11(2)10-14(15)21-4/h6-10,17,20H,5,18H2,1-4H3. The van der Waals surface area contributed by atoms with Crippen LogP contribution in [0.1, 0.15) is 40.9 Å². The number of hydrazine groups is 1. The Kier molecular flexibility index (Phi) is 4.94. The highest BCUT2D eigenvalue weighted by Crippen LogP contribution is 2.34. The number of aromatic nitrogens is 1.